The number of amides is 1. The van der Waals surface area contributed by atoms with E-state index in [0.29, 0.717) is 27.2 Å². The third kappa shape index (κ3) is 5.78. The number of alkyl halides is 3. The molecule has 1 aromatic heterocycles. The predicted molar refractivity (Wildman–Crippen MR) is 120 cm³/mol. The molecular formula is C25H25F3N2O4. The fraction of sp³-hybridized carbons (Fsp3) is 0.280. The number of rotatable bonds is 7. The van der Waals surface area contributed by atoms with Gasteiger partial charge in [-0.3, -0.25) is 4.90 Å². The molecule has 1 heterocycles. The summed E-state index contributed by atoms with van der Waals surface area (Å²) in [5, 5.41) is 21.3. The Morgan fingerprint density at radius 2 is 1.85 bits per heavy atom. The molecule has 1 N–H and O–H groups in total. The van der Waals surface area contributed by atoms with E-state index < -0.39 is 17.8 Å². The molecule has 34 heavy (non-hydrogen) atoms. The topological polar surface area (TPSA) is 76.7 Å². The van der Waals surface area contributed by atoms with Crippen molar-refractivity contribution < 1.29 is 32.5 Å². The molecule has 0 unspecified atom stereocenters. The van der Waals surface area contributed by atoms with Gasteiger partial charge in [-0.1, -0.05) is 26.0 Å². The van der Waals surface area contributed by atoms with Crippen LogP contribution in [-0.4, -0.2) is 23.2 Å². The van der Waals surface area contributed by atoms with Gasteiger partial charge in [0.2, 0.25) is 0 Å². The van der Waals surface area contributed by atoms with Crippen molar-refractivity contribution in [1.82, 2.24) is 4.90 Å². The summed E-state index contributed by atoms with van der Waals surface area (Å²) >= 11 is 0. The van der Waals surface area contributed by atoms with Crippen molar-refractivity contribution in [2.24, 2.45) is 0 Å². The van der Waals surface area contributed by atoms with Gasteiger partial charge in [-0.2, -0.15) is 17.9 Å². The van der Waals surface area contributed by atoms with E-state index in [1.165, 1.54) is 31.6 Å². The Balaban J connectivity index is 2.12. The molecule has 0 aliphatic rings. The van der Waals surface area contributed by atoms with E-state index in [2.05, 4.69) is 0 Å². The van der Waals surface area contributed by atoms with Crippen molar-refractivity contribution in [2.75, 3.05) is 7.11 Å². The second kappa shape index (κ2) is 10.0. The van der Waals surface area contributed by atoms with Crippen molar-refractivity contribution in [3.05, 3.63) is 88.4 Å². The van der Waals surface area contributed by atoms with E-state index in [9.17, 15) is 28.3 Å². The van der Waals surface area contributed by atoms with Crippen LogP contribution in [0.3, 0.4) is 0 Å². The number of carboxylic acid groups (broad SMARTS) is 1. The molecule has 180 valence electrons. The quantitative estimate of drug-likeness (QED) is 0.346. The third-order valence-electron chi connectivity index (χ3n) is 5.45. The van der Waals surface area contributed by atoms with Gasteiger partial charge in [0.25, 0.3) is 0 Å². The molecule has 3 aromatic rings. The zero-order chi connectivity index (χ0) is 25.0. The SMILES string of the molecule is COc1ccc(C(C)C)cc1-c1ccc(C(F)(F)F)cc1CN(Cc1ccc[n+]([O-])c1)C(=O)O. The number of carbonyl (C=O) groups is 1. The second-order valence-electron chi connectivity index (χ2n) is 8.19. The second-order valence-corrected chi connectivity index (χ2v) is 8.19. The van der Waals surface area contributed by atoms with Crippen LogP contribution in [-0.2, 0) is 19.3 Å². The van der Waals surface area contributed by atoms with Gasteiger partial charge in [-0.05, 0) is 52.9 Å². The minimum absolute atomic E-state index is 0.162. The van der Waals surface area contributed by atoms with Crippen molar-refractivity contribution in [1.29, 1.82) is 0 Å². The minimum Gasteiger partial charge on any atom is -0.619 e. The van der Waals surface area contributed by atoms with E-state index in [4.69, 9.17) is 4.74 Å². The molecule has 0 saturated heterocycles. The predicted octanol–water partition coefficient (Wildman–Crippen LogP) is 5.82. The summed E-state index contributed by atoms with van der Waals surface area (Å²) in [5.74, 6) is 0.623. The normalized spacial score (nSPS) is 11.5. The van der Waals surface area contributed by atoms with Gasteiger partial charge in [0.1, 0.15) is 5.75 Å². The summed E-state index contributed by atoms with van der Waals surface area (Å²) < 4.78 is 46.5. The molecule has 0 aliphatic heterocycles. The summed E-state index contributed by atoms with van der Waals surface area (Å²) in [6.45, 7) is 3.50. The third-order valence-corrected chi connectivity index (χ3v) is 5.45. The summed E-state index contributed by atoms with van der Waals surface area (Å²) in [5.41, 5.74) is 1.66. The fourth-order valence-corrected chi connectivity index (χ4v) is 3.67. The molecule has 3 rings (SSSR count). The van der Waals surface area contributed by atoms with Crippen LogP contribution >= 0.6 is 0 Å². The van der Waals surface area contributed by atoms with Crippen LogP contribution in [0.1, 0.15) is 42.0 Å². The van der Waals surface area contributed by atoms with Crippen LogP contribution in [0.25, 0.3) is 11.1 Å². The highest BCUT2D eigenvalue weighted by atomic mass is 19.4. The van der Waals surface area contributed by atoms with E-state index in [1.807, 2.05) is 26.0 Å². The smallest absolute Gasteiger partial charge is 0.416 e. The Kier molecular flexibility index (Phi) is 7.34. The molecule has 0 saturated carbocycles. The monoisotopic (exact) mass is 474 g/mol. The van der Waals surface area contributed by atoms with E-state index in [-0.39, 0.29) is 24.6 Å². The maximum Gasteiger partial charge on any atom is 0.416 e. The van der Waals surface area contributed by atoms with E-state index in [1.54, 1.807) is 12.1 Å². The minimum atomic E-state index is -4.60. The fourth-order valence-electron chi connectivity index (χ4n) is 3.67. The number of hydrogen-bond donors (Lipinski definition) is 1. The number of methoxy groups -OCH3 is 1. The Morgan fingerprint density at radius 3 is 2.44 bits per heavy atom. The molecule has 6 nitrogen and oxygen atoms in total. The van der Waals surface area contributed by atoms with Crippen LogP contribution in [0.15, 0.2) is 60.9 Å². The van der Waals surface area contributed by atoms with Crippen LogP contribution in [0, 0.1) is 5.21 Å². The lowest BCUT2D eigenvalue weighted by Gasteiger charge is -2.23. The summed E-state index contributed by atoms with van der Waals surface area (Å²) in [6.07, 6.45) is -3.45. The zero-order valence-electron chi connectivity index (χ0n) is 19.0. The zero-order valence-corrected chi connectivity index (χ0v) is 19.0. The lowest BCUT2D eigenvalue weighted by atomic mass is 9.92. The first kappa shape index (κ1) is 24.9. The first-order valence-electron chi connectivity index (χ1n) is 10.5. The molecule has 0 fully saturated rings. The van der Waals surface area contributed by atoms with Crippen molar-refractivity contribution in [2.45, 2.75) is 39.0 Å². The number of nitrogens with zero attached hydrogens (tertiary/aromatic N) is 2. The van der Waals surface area contributed by atoms with Crippen LogP contribution in [0.2, 0.25) is 0 Å². The largest absolute Gasteiger partial charge is 0.619 e. The highest BCUT2D eigenvalue weighted by molar-refractivity contribution is 5.75. The molecule has 0 bridgehead atoms. The Hall–Kier alpha value is -3.75. The molecule has 0 aliphatic carbocycles. The Bertz CT molecular complexity index is 1180. The van der Waals surface area contributed by atoms with Gasteiger partial charge in [-0.15, -0.1) is 0 Å². The highest BCUT2D eigenvalue weighted by Crippen LogP contribution is 2.38. The number of pyridine rings is 1. The highest BCUT2D eigenvalue weighted by Gasteiger charge is 2.32. The Labute approximate surface area is 195 Å². The number of halogens is 3. The Morgan fingerprint density at radius 1 is 1.12 bits per heavy atom. The molecule has 0 radical (unpaired) electrons. The summed E-state index contributed by atoms with van der Waals surface area (Å²) in [7, 11) is 1.47. The maximum atomic E-state index is 13.5. The van der Waals surface area contributed by atoms with Crippen molar-refractivity contribution in [3.8, 4) is 16.9 Å². The molecule has 1 amide bonds. The molecule has 0 atom stereocenters. The average molecular weight is 474 g/mol. The van der Waals surface area contributed by atoms with Gasteiger partial charge in [0, 0.05) is 23.7 Å². The number of ether oxygens (including phenoxy) is 1. The lowest BCUT2D eigenvalue weighted by molar-refractivity contribution is -0.605. The molecule has 0 spiro atoms. The molecular weight excluding hydrogens is 449 g/mol. The van der Waals surface area contributed by atoms with Crippen LogP contribution in [0.4, 0.5) is 18.0 Å². The van der Waals surface area contributed by atoms with Gasteiger partial charge < -0.3 is 15.1 Å². The summed E-state index contributed by atoms with van der Waals surface area (Å²) in [4.78, 5) is 12.9. The number of hydrogen-bond acceptors (Lipinski definition) is 3. The molecule has 9 heteroatoms. The van der Waals surface area contributed by atoms with Crippen LogP contribution < -0.4 is 9.47 Å². The first-order chi connectivity index (χ1) is 16.0. The van der Waals surface area contributed by atoms with Gasteiger partial charge >= 0.3 is 12.3 Å². The first-order valence-corrected chi connectivity index (χ1v) is 10.5. The van der Waals surface area contributed by atoms with Crippen LogP contribution in [0.5, 0.6) is 5.75 Å². The van der Waals surface area contributed by atoms with E-state index >= 15 is 0 Å². The maximum absolute atomic E-state index is 13.5. The van der Waals surface area contributed by atoms with Gasteiger partial charge in [-0.25, -0.2) is 4.79 Å². The van der Waals surface area contributed by atoms with Crippen molar-refractivity contribution >= 4 is 6.09 Å². The number of benzene rings is 2. The lowest BCUT2D eigenvalue weighted by Crippen LogP contribution is -2.31. The van der Waals surface area contributed by atoms with Crippen molar-refractivity contribution in [3.63, 3.8) is 0 Å². The summed E-state index contributed by atoms with van der Waals surface area (Å²) in [6, 6.07) is 11.8. The van der Waals surface area contributed by atoms with Gasteiger partial charge in [0.15, 0.2) is 12.4 Å². The van der Waals surface area contributed by atoms with Gasteiger partial charge in [0.05, 0.1) is 19.2 Å². The van der Waals surface area contributed by atoms with E-state index in [0.717, 1.165) is 22.6 Å². The standard InChI is InChI=1S/C25H25F3N2O4/c1-16(2)18-6-9-23(34-3)22(12-18)21-8-7-20(25(26,27)28)11-19(21)15-29(24(31)32)13-17-5-4-10-30(33)14-17/h4-12,14,16H,13,15H2,1-3H3,(H,31,32). The molecule has 2 aromatic carbocycles. The number of aromatic nitrogens is 1. The average Bonchev–Trinajstić information content (AvgIpc) is 2.77.